The van der Waals surface area contributed by atoms with Gasteiger partial charge < -0.3 is 10.1 Å². The molecule has 2 aromatic carbocycles. The summed E-state index contributed by atoms with van der Waals surface area (Å²) in [5.41, 5.74) is 2.89. The van der Waals surface area contributed by atoms with Crippen LogP contribution in [0.1, 0.15) is 16.0 Å². The van der Waals surface area contributed by atoms with Crippen LogP contribution in [-0.2, 0) is 16.0 Å². The molecule has 36 heavy (non-hydrogen) atoms. The number of aliphatic imine (C=N–C) groups is 1. The molecule has 1 aliphatic heterocycles. The number of thiophene rings is 1. The average molecular weight is 561 g/mol. The highest BCUT2D eigenvalue weighted by Gasteiger charge is 2.34. The third kappa shape index (κ3) is 6.31. The van der Waals surface area contributed by atoms with Gasteiger partial charge in [-0.25, -0.2) is 9.89 Å². The number of aryl methyl sites for hydroxylation is 1. The number of amides is 2. The first-order chi connectivity index (χ1) is 17.4. The Morgan fingerprint density at radius 3 is 2.61 bits per heavy atom. The minimum Gasteiger partial charge on any atom is -0.495 e. The Hall–Kier alpha value is -2.78. The SMILES string of the molecule is COc1ccc(Cl)cc1N1C(=O)/C(=C/c2sccc2C)N=C1SCC(=O)NCCc1ccc(Cl)cc1. The zero-order chi connectivity index (χ0) is 25.7. The van der Waals surface area contributed by atoms with Gasteiger partial charge in [0.2, 0.25) is 5.91 Å². The van der Waals surface area contributed by atoms with Crippen LogP contribution in [0.5, 0.6) is 5.75 Å². The lowest BCUT2D eigenvalue weighted by atomic mass is 10.1. The number of hydrogen-bond donors (Lipinski definition) is 1. The summed E-state index contributed by atoms with van der Waals surface area (Å²) in [5.74, 6) is 0.0990. The fourth-order valence-electron chi connectivity index (χ4n) is 3.48. The highest BCUT2D eigenvalue weighted by atomic mass is 35.5. The molecule has 6 nitrogen and oxygen atoms in total. The molecule has 0 radical (unpaired) electrons. The van der Waals surface area contributed by atoms with Crippen molar-refractivity contribution in [1.82, 2.24) is 5.32 Å². The van der Waals surface area contributed by atoms with Gasteiger partial charge in [0.1, 0.15) is 11.4 Å². The quantitative estimate of drug-likeness (QED) is 0.333. The van der Waals surface area contributed by atoms with E-state index in [1.165, 1.54) is 35.1 Å². The van der Waals surface area contributed by atoms with Gasteiger partial charge in [-0.2, -0.15) is 0 Å². The van der Waals surface area contributed by atoms with Crippen LogP contribution in [0.15, 0.2) is 64.6 Å². The van der Waals surface area contributed by atoms with Crippen molar-refractivity contribution < 1.29 is 14.3 Å². The number of nitrogens with zero attached hydrogens (tertiary/aromatic N) is 2. The molecule has 0 spiro atoms. The van der Waals surface area contributed by atoms with Gasteiger partial charge in [0.25, 0.3) is 5.91 Å². The Morgan fingerprint density at radius 1 is 1.17 bits per heavy atom. The Kier molecular flexibility index (Phi) is 8.74. The summed E-state index contributed by atoms with van der Waals surface area (Å²) in [5, 5.41) is 6.39. The summed E-state index contributed by atoms with van der Waals surface area (Å²) in [6.45, 7) is 2.47. The monoisotopic (exact) mass is 559 g/mol. The summed E-state index contributed by atoms with van der Waals surface area (Å²) in [6.07, 6.45) is 2.46. The van der Waals surface area contributed by atoms with E-state index in [1.54, 1.807) is 24.3 Å². The standard InChI is InChI=1S/C26H23Cl2N3O3S2/c1-16-10-12-35-23(16)14-20-25(33)31(21-13-19(28)7-8-22(21)34-2)26(30-20)36-15-24(32)29-11-9-17-3-5-18(27)6-4-17/h3-8,10,12-14H,9,11,15H2,1-2H3,(H,29,32)/b20-14-. The first-order valence-corrected chi connectivity index (χ1v) is 13.6. The van der Waals surface area contributed by atoms with Crippen LogP contribution < -0.4 is 15.0 Å². The van der Waals surface area contributed by atoms with Crippen LogP contribution in [0.2, 0.25) is 10.0 Å². The number of amidine groups is 1. The molecule has 2 heterocycles. The number of rotatable bonds is 8. The molecule has 186 valence electrons. The number of thioether (sulfide) groups is 1. The zero-order valence-electron chi connectivity index (χ0n) is 19.6. The molecule has 0 fully saturated rings. The van der Waals surface area contributed by atoms with E-state index in [1.807, 2.05) is 42.6 Å². The number of carbonyl (C=O) groups excluding carboxylic acids is 2. The maximum absolute atomic E-state index is 13.5. The lowest BCUT2D eigenvalue weighted by Gasteiger charge is -2.20. The fourth-order valence-corrected chi connectivity index (χ4v) is 5.46. The maximum Gasteiger partial charge on any atom is 0.283 e. The van der Waals surface area contributed by atoms with Gasteiger partial charge in [-0.05, 0) is 72.3 Å². The highest BCUT2D eigenvalue weighted by molar-refractivity contribution is 8.14. The van der Waals surface area contributed by atoms with Crippen molar-refractivity contribution in [3.05, 3.63) is 85.7 Å². The van der Waals surface area contributed by atoms with E-state index in [4.69, 9.17) is 27.9 Å². The van der Waals surface area contributed by atoms with Gasteiger partial charge in [-0.15, -0.1) is 11.3 Å². The first kappa shape index (κ1) is 26.3. The van der Waals surface area contributed by atoms with Crippen molar-refractivity contribution in [3.63, 3.8) is 0 Å². The van der Waals surface area contributed by atoms with E-state index in [0.717, 1.165) is 16.0 Å². The molecule has 2 amide bonds. The number of methoxy groups -OCH3 is 1. The molecular formula is C26H23Cl2N3O3S2. The van der Waals surface area contributed by atoms with Gasteiger partial charge in [0.05, 0.1) is 18.6 Å². The Balaban J connectivity index is 1.50. The Labute approximate surface area is 228 Å². The van der Waals surface area contributed by atoms with Gasteiger partial charge >= 0.3 is 0 Å². The van der Waals surface area contributed by atoms with Crippen molar-refractivity contribution >= 4 is 75.0 Å². The average Bonchev–Trinajstić information content (AvgIpc) is 3.41. The Morgan fingerprint density at radius 2 is 1.92 bits per heavy atom. The smallest absolute Gasteiger partial charge is 0.283 e. The molecule has 0 saturated carbocycles. The van der Waals surface area contributed by atoms with Crippen molar-refractivity contribution in [1.29, 1.82) is 0 Å². The summed E-state index contributed by atoms with van der Waals surface area (Å²) < 4.78 is 5.48. The molecule has 1 aliphatic rings. The maximum atomic E-state index is 13.5. The van der Waals surface area contributed by atoms with Gasteiger partial charge in [-0.3, -0.25) is 9.59 Å². The third-order valence-electron chi connectivity index (χ3n) is 5.36. The van der Waals surface area contributed by atoms with E-state index in [-0.39, 0.29) is 23.3 Å². The van der Waals surface area contributed by atoms with Crippen LogP contribution >= 0.6 is 46.3 Å². The number of halogens is 2. The summed E-state index contributed by atoms with van der Waals surface area (Å²) in [6, 6.07) is 14.5. The van der Waals surface area contributed by atoms with Gasteiger partial charge in [0, 0.05) is 21.5 Å². The van der Waals surface area contributed by atoms with Crippen molar-refractivity contribution in [3.8, 4) is 5.75 Å². The van der Waals surface area contributed by atoms with Crippen molar-refractivity contribution in [2.75, 3.05) is 24.3 Å². The number of nitrogens with one attached hydrogen (secondary N) is 1. The normalized spacial score (nSPS) is 14.3. The van der Waals surface area contributed by atoms with E-state index >= 15 is 0 Å². The molecule has 0 atom stereocenters. The third-order valence-corrected chi connectivity index (χ3v) is 7.75. The molecule has 4 rings (SSSR count). The fraction of sp³-hybridized carbons (Fsp3) is 0.192. The number of hydrogen-bond acceptors (Lipinski definition) is 6. The van der Waals surface area contributed by atoms with E-state index < -0.39 is 0 Å². The molecule has 10 heteroatoms. The number of benzene rings is 2. The number of anilines is 1. The second-order valence-corrected chi connectivity index (χ2v) is 10.6. The number of ether oxygens (including phenoxy) is 1. The van der Waals surface area contributed by atoms with Crippen LogP contribution in [-0.4, -0.2) is 36.4 Å². The van der Waals surface area contributed by atoms with Gasteiger partial charge in [-0.1, -0.05) is 47.1 Å². The topological polar surface area (TPSA) is 71.0 Å². The Bertz CT molecular complexity index is 1340. The van der Waals surface area contributed by atoms with Crippen LogP contribution in [0, 0.1) is 6.92 Å². The van der Waals surface area contributed by atoms with E-state index in [2.05, 4.69) is 10.3 Å². The minimum absolute atomic E-state index is 0.0947. The summed E-state index contributed by atoms with van der Waals surface area (Å²) in [4.78, 5) is 33.0. The second-order valence-electron chi connectivity index (χ2n) is 7.86. The number of carbonyl (C=O) groups is 2. The van der Waals surface area contributed by atoms with Gasteiger partial charge in [0.15, 0.2) is 5.17 Å². The summed E-state index contributed by atoms with van der Waals surface area (Å²) >= 11 is 14.9. The highest BCUT2D eigenvalue weighted by Crippen LogP contribution is 2.37. The molecule has 1 N–H and O–H groups in total. The van der Waals surface area contributed by atoms with E-state index in [0.29, 0.717) is 39.6 Å². The predicted octanol–water partition coefficient (Wildman–Crippen LogP) is 6.21. The second kappa shape index (κ2) is 12.0. The molecular weight excluding hydrogens is 537 g/mol. The minimum atomic E-state index is -0.311. The van der Waals surface area contributed by atoms with Crippen molar-refractivity contribution in [2.24, 2.45) is 4.99 Å². The van der Waals surface area contributed by atoms with Crippen LogP contribution in [0.25, 0.3) is 6.08 Å². The van der Waals surface area contributed by atoms with Crippen molar-refractivity contribution in [2.45, 2.75) is 13.3 Å². The molecule has 3 aromatic rings. The zero-order valence-corrected chi connectivity index (χ0v) is 22.7. The van der Waals surface area contributed by atoms with Crippen LogP contribution in [0.3, 0.4) is 0 Å². The molecule has 1 aromatic heterocycles. The first-order valence-electron chi connectivity index (χ1n) is 11.0. The molecule has 0 saturated heterocycles. The molecule has 0 unspecified atom stereocenters. The lowest BCUT2D eigenvalue weighted by Crippen LogP contribution is -2.33. The largest absolute Gasteiger partial charge is 0.495 e. The molecule has 0 bridgehead atoms. The van der Waals surface area contributed by atoms with E-state index in [9.17, 15) is 9.59 Å². The van der Waals surface area contributed by atoms with Crippen LogP contribution in [0.4, 0.5) is 5.69 Å². The predicted molar refractivity (Wildman–Crippen MR) is 151 cm³/mol. The molecule has 0 aliphatic carbocycles. The summed E-state index contributed by atoms with van der Waals surface area (Å²) in [7, 11) is 1.52. The lowest BCUT2D eigenvalue weighted by molar-refractivity contribution is -0.118.